The number of para-hydroxylation sites is 1. The van der Waals surface area contributed by atoms with Crippen molar-refractivity contribution in [2.45, 2.75) is 25.3 Å². The molecule has 0 aromatic heterocycles. The van der Waals surface area contributed by atoms with E-state index in [4.69, 9.17) is 0 Å². The van der Waals surface area contributed by atoms with E-state index in [1.165, 1.54) is 11.0 Å². The van der Waals surface area contributed by atoms with Gasteiger partial charge in [0.1, 0.15) is 5.82 Å². The smallest absolute Gasteiger partial charge is 0.242 e. The SMILES string of the molecule is CN(C(=O)CN1CCCc2cccc(F)c21)[C@@H]1CCS(=O)(=O)C1. The van der Waals surface area contributed by atoms with Crippen molar-refractivity contribution in [3.8, 4) is 0 Å². The second-order valence-electron chi connectivity index (χ2n) is 6.33. The number of anilines is 1. The van der Waals surface area contributed by atoms with Crippen molar-refractivity contribution < 1.29 is 17.6 Å². The van der Waals surface area contributed by atoms with E-state index in [2.05, 4.69) is 0 Å². The Bertz CT molecular complexity index is 720. The van der Waals surface area contributed by atoms with Crippen LogP contribution in [0.2, 0.25) is 0 Å². The van der Waals surface area contributed by atoms with E-state index in [-0.39, 0.29) is 35.8 Å². The van der Waals surface area contributed by atoms with Gasteiger partial charge in [-0.05, 0) is 30.9 Å². The summed E-state index contributed by atoms with van der Waals surface area (Å²) in [5, 5.41) is 0. The van der Waals surface area contributed by atoms with Crippen LogP contribution in [0.25, 0.3) is 0 Å². The van der Waals surface area contributed by atoms with Gasteiger partial charge in [-0.3, -0.25) is 4.79 Å². The second-order valence-corrected chi connectivity index (χ2v) is 8.56. The zero-order valence-electron chi connectivity index (χ0n) is 13.2. The molecular weight excluding hydrogens is 319 g/mol. The van der Waals surface area contributed by atoms with Crippen LogP contribution >= 0.6 is 0 Å². The zero-order valence-corrected chi connectivity index (χ0v) is 14.0. The Kier molecular flexibility index (Phi) is 4.31. The molecule has 126 valence electrons. The number of carbonyl (C=O) groups is 1. The summed E-state index contributed by atoms with van der Waals surface area (Å²) in [5.41, 5.74) is 1.44. The average Bonchev–Trinajstić information content (AvgIpc) is 2.87. The molecule has 0 spiro atoms. The lowest BCUT2D eigenvalue weighted by atomic mass is 10.0. The van der Waals surface area contributed by atoms with Crippen molar-refractivity contribution >= 4 is 21.4 Å². The number of halogens is 1. The van der Waals surface area contributed by atoms with Gasteiger partial charge in [-0.1, -0.05) is 12.1 Å². The van der Waals surface area contributed by atoms with E-state index in [0.29, 0.717) is 18.7 Å². The van der Waals surface area contributed by atoms with Crippen molar-refractivity contribution in [2.75, 3.05) is 36.5 Å². The molecule has 2 aliphatic rings. The molecule has 2 heterocycles. The molecular formula is C16H21FN2O3S. The molecule has 0 saturated carbocycles. The van der Waals surface area contributed by atoms with Crippen LogP contribution in [0, 0.1) is 5.82 Å². The van der Waals surface area contributed by atoms with Crippen LogP contribution in [0.3, 0.4) is 0 Å². The van der Waals surface area contributed by atoms with Crippen molar-refractivity contribution in [1.82, 2.24) is 4.90 Å². The molecule has 0 radical (unpaired) electrons. The van der Waals surface area contributed by atoms with Gasteiger partial charge in [0.25, 0.3) is 0 Å². The molecule has 2 aliphatic heterocycles. The van der Waals surface area contributed by atoms with Gasteiger partial charge in [-0.25, -0.2) is 12.8 Å². The van der Waals surface area contributed by atoms with Gasteiger partial charge in [0.2, 0.25) is 5.91 Å². The highest BCUT2D eigenvalue weighted by molar-refractivity contribution is 7.91. The maximum absolute atomic E-state index is 14.1. The Hall–Kier alpha value is -1.63. The number of fused-ring (bicyclic) bond motifs is 1. The van der Waals surface area contributed by atoms with E-state index >= 15 is 0 Å². The first-order valence-electron chi connectivity index (χ1n) is 7.86. The Labute approximate surface area is 136 Å². The lowest BCUT2D eigenvalue weighted by Crippen LogP contribution is -2.45. The fourth-order valence-electron chi connectivity index (χ4n) is 3.41. The largest absolute Gasteiger partial charge is 0.360 e. The van der Waals surface area contributed by atoms with Gasteiger partial charge in [-0.15, -0.1) is 0 Å². The number of carbonyl (C=O) groups excluding carboxylic acids is 1. The average molecular weight is 340 g/mol. The standard InChI is InChI=1S/C16H21FN2O3S/c1-18(13-7-9-23(21,22)11-13)15(20)10-19-8-3-5-12-4-2-6-14(17)16(12)19/h2,4,6,13H,3,5,7-11H2,1H3/t13-/m1/s1. The number of nitrogens with zero attached hydrogens (tertiary/aromatic N) is 2. The van der Waals surface area contributed by atoms with Gasteiger partial charge in [0.05, 0.1) is 23.7 Å². The molecule has 5 nitrogen and oxygen atoms in total. The summed E-state index contributed by atoms with van der Waals surface area (Å²) in [4.78, 5) is 15.8. The third kappa shape index (κ3) is 3.34. The third-order valence-electron chi connectivity index (χ3n) is 4.74. The number of hydrogen-bond acceptors (Lipinski definition) is 4. The molecule has 0 aliphatic carbocycles. The Morgan fingerprint density at radius 3 is 2.91 bits per heavy atom. The molecule has 3 rings (SSSR count). The zero-order chi connectivity index (χ0) is 16.6. The molecule has 0 unspecified atom stereocenters. The van der Waals surface area contributed by atoms with E-state index in [1.54, 1.807) is 18.0 Å². The topological polar surface area (TPSA) is 57.7 Å². The molecule has 23 heavy (non-hydrogen) atoms. The minimum Gasteiger partial charge on any atom is -0.360 e. The van der Waals surface area contributed by atoms with Gasteiger partial charge < -0.3 is 9.80 Å². The fraction of sp³-hybridized carbons (Fsp3) is 0.562. The van der Waals surface area contributed by atoms with Gasteiger partial charge in [0.15, 0.2) is 9.84 Å². The lowest BCUT2D eigenvalue weighted by Gasteiger charge is -2.33. The van der Waals surface area contributed by atoms with Crippen molar-refractivity contribution in [3.05, 3.63) is 29.6 Å². The van der Waals surface area contributed by atoms with Crippen LogP contribution in [-0.4, -0.2) is 56.9 Å². The number of aryl methyl sites for hydroxylation is 1. The number of rotatable bonds is 3. The summed E-state index contributed by atoms with van der Waals surface area (Å²) in [5.74, 6) is -0.305. The molecule has 1 aromatic rings. The van der Waals surface area contributed by atoms with E-state index in [9.17, 15) is 17.6 Å². The summed E-state index contributed by atoms with van der Waals surface area (Å²) < 4.78 is 37.3. The first-order chi connectivity index (χ1) is 10.9. The van der Waals surface area contributed by atoms with Crippen LogP contribution in [0.5, 0.6) is 0 Å². The summed E-state index contributed by atoms with van der Waals surface area (Å²) in [6.07, 6.45) is 2.18. The fourth-order valence-corrected chi connectivity index (χ4v) is 5.18. The second kappa shape index (κ2) is 6.11. The predicted octanol–water partition coefficient (Wildman–Crippen LogP) is 1.22. The number of benzene rings is 1. The molecule has 1 aromatic carbocycles. The Morgan fingerprint density at radius 1 is 1.43 bits per heavy atom. The van der Waals surface area contributed by atoms with Gasteiger partial charge >= 0.3 is 0 Å². The summed E-state index contributed by atoms with van der Waals surface area (Å²) in [7, 11) is -1.39. The van der Waals surface area contributed by atoms with Crippen molar-refractivity contribution in [1.29, 1.82) is 0 Å². The molecule has 1 amide bonds. The lowest BCUT2D eigenvalue weighted by molar-refractivity contribution is -0.130. The van der Waals surface area contributed by atoms with Crippen LogP contribution < -0.4 is 4.90 Å². The highest BCUT2D eigenvalue weighted by Crippen LogP contribution is 2.30. The first-order valence-corrected chi connectivity index (χ1v) is 9.68. The van der Waals surface area contributed by atoms with Crippen molar-refractivity contribution in [2.24, 2.45) is 0 Å². The highest BCUT2D eigenvalue weighted by atomic mass is 32.2. The maximum atomic E-state index is 14.1. The van der Waals surface area contributed by atoms with Crippen LogP contribution in [0.15, 0.2) is 18.2 Å². The summed E-state index contributed by atoms with van der Waals surface area (Å²) in [6, 6.07) is 4.73. The molecule has 0 bridgehead atoms. The monoisotopic (exact) mass is 340 g/mol. The van der Waals surface area contributed by atoms with Gasteiger partial charge in [-0.2, -0.15) is 0 Å². The van der Waals surface area contributed by atoms with Gasteiger partial charge in [0, 0.05) is 19.6 Å². The van der Waals surface area contributed by atoms with Crippen LogP contribution in [-0.2, 0) is 21.1 Å². The molecule has 1 saturated heterocycles. The first kappa shape index (κ1) is 16.2. The van der Waals surface area contributed by atoms with Crippen molar-refractivity contribution in [3.63, 3.8) is 0 Å². The predicted molar refractivity (Wildman–Crippen MR) is 86.8 cm³/mol. The van der Waals surface area contributed by atoms with E-state index < -0.39 is 9.84 Å². The highest BCUT2D eigenvalue weighted by Gasteiger charge is 2.33. The number of sulfone groups is 1. The summed E-state index contributed by atoms with van der Waals surface area (Å²) in [6.45, 7) is 0.720. The van der Waals surface area contributed by atoms with Crippen LogP contribution in [0.4, 0.5) is 10.1 Å². The summed E-state index contributed by atoms with van der Waals surface area (Å²) >= 11 is 0. The maximum Gasteiger partial charge on any atom is 0.242 e. The molecule has 1 atom stereocenters. The Balaban J connectivity index is 1.72. The van der Waals surface area contributed by atoms with Crippen LogP contribution in [0.1, 0.15) is 18.4 Å². The van der Waals surface area contributed by atoms with E-state index in [0.717, 1.165) is 18.4 Å². The molecule has 1 fully saturated rings. The number of hydrogen-bond donors (Lipinski definition) is 0. The third-order valence-corrected chi connectivity index (χ3v) is 6.49. The van der Waals surface area contributed by atoms with E-state index in [1.807, 2.05) is 6.07 Å². The molecule has 7 heteroatoms. The minimum atomic E-state index is -3.03. The minimum absolute atomic E-state index is 0.0280. The normalized spacial score (nSPS) is 22.7. The number of likely N-dealkylation sites (N-methyl/N-ethyl adjacent to an activating group) is 1. The molecule has 0 N–H and O–H groups in total. The quantitative estimate of drug-likeness (QED) is 0.830. The number of amides is 1. The Morgan fingerprint density at radius 2 is 2.22 bits per heavy atom.